The summed E-state index contributed by atoms with van der Waals surface area (Å²) in [6, 6.07) is 10.4. The Hall–Kier alpha value is -1.57. The molecule has 1 aromatic heterocycles. The molecule has 0 spiro atoms. The number of nitro groups is 1. The van der Waals surface area contributed by atoms with Crippen molar-refractivity contribution in [2.75, 3.05) is 0 Å². The topological polar surface area (TPSA) is 65.5 Å². The standard InChI is InChI=1S/C11H8INO4/c12-9-3-1-2-4-10(9)16-7-8-5-6-11(17-8)13(14)15/h1-6H,7H2. The number of hydrogen-bond donors (Lipinski definition) is 0. The zero-order valence-corrected chi connectivity index (χ0v) is 10.8. The molecule has 1 aromatic carbocycles. The van der Waals surface area contributed by atoms with E-state index in [4.69, 9.17) is 9.15 Å². The zero-order valence-electron chi connectivity index (χ0n) is 8.63. The summed E-state index contributed by atoms with van der Waals surface area (Å²) in [5.41, 5.74) is 0. The van der Waals surface area contributed by atoms with E-state index in [9.17, 15) is 10.1 Å². The van der Waals surface area contributed by atoms with Crippen LogP contribution in [0.5, 0.6) is 5.75 Å². The molecule has 0 aliphatic rings. The van der Waals surface area contributed by atoms with Crippen molar-refractivity contribution in [2.24, 2.45) is 0 Å². The third-order valence-corrected chi connectivity index (χ3v) is 2.93. The molecule has 0 radical (unpaired) electrons. The Morgan fingerprint density at radius 3 is 2.71 bits per heavy atom. The molecule has 0 unspecified atom stereocenters. The van der Waals surface area contributed by atoms with Gasteiger partial charge >= 0.3 is 5.88 Å². The van der Waals surface area contributed by atoms with Crippen molar-refractivity contribution in [2.45, 2.75) is 6.61 Å². The molecule has 0 aliphatic carbocycles. The minimum Gasteiger partial charge on any atom is -0.485 e. The molecule has 88 valence electrons. The molecule has 0 atom stereocenters. The molecule has 0 fully saturated rings. The number of nitrogens with zero attached hydrogens (tertiary/aromatic N) is 1. The van der Waals surface area contributed by atoms with Crippen LogP contribution < -0.4 is 4.74 Å². The first-order chi connectivity index (χ1) is 8.16. The van der Waals surface area contributed by atoms with Gasteiger partial charge in [-0.3, -0.25) is 10.1 Å². The molecule has 0 N–H and O–H groups in total. The molecule has 17 heavy (non-hydrogen) atoms. The van der Waals surface area contributed by atoms with E-state index in [0.29, 0.717) is 5.76 Å². The maximum atomic E-state index is 10.4. The minimum absolute atomic E-state index is 0.174. The van der Waals surface area contributed by atoms with Crippen molar-refractivity contribution in [1.29, 1.82) is 0 Å². The number of furan rings is 1. The van der Waals surface area contributed by atoms with E-state index in [-0.39, 0.29) is 12.5 Å². The molecule has 0 saturated heterocycles. The lowest BCUT2D eigenvalue weighted by atomic mass is 10.3. The Labute approximate surface area is 111 Å². The lowest BCUT2D eigenvalue weighted by molar-refractivity contribution is -0.402. The maximum absolute atomic E-state index is 10.4. The SMILES string of the molecule is O=[N+]([O-])c1ccc(COc2ccccc2I)o1. The van der Waals surface area contributed by atoms with Crippen molar-refractivity contribution < 1.29 is 14.1 Å². The number of rotatable bonds is 4. The van der Waals surface area contributed by atoms with Crippen LogP contribution in [0.1, 0.15) is 5.76 Å². The van der Waals surface area contributed by atoms with Crippen LogP contribution in [0.25, 0.3) is 0 Å². The van der Waals surface area contributed by atoms with Gasteiger partial charge in [-0.1, -0.05) is 12.1 Å². The van der Waals surface area contributed by atoms with Gasteiger partial charge in [0.05, 0.1) is 9.64 Å². The molecule has 0 bridgehead atoms. The quantitative estimate of drug-likeness (QED) is 0.484. The van der Waals surface area contributed by atoms with E-state index >= 15 is 0 Å². The summed E-state index contributed by atoms with van der Waals surface area (Å²) < 4.78 is 11.5. The zero-order chi connectivity index (χ0) is 12.3. The monoisotopic (exact) mass is 345 g/mol. The Bertz CT molecular complexity index is 538. The highest BCUT2D eigenvalue weighted by Crippen LogP contribution is 2.22. The smallest absolute Gasteiger partial charge is 0.433 e. The lowest BCUT2D eigenvalue weighted by Crippen LogP contribution is -1.95. The van der Waals surface area contributed by atoms with Gasteiger partial charge in [0.1, 0.15) is 23.0 Å². The highest BCUT2D eigenvalue weighted by atomic mass is 127. The molecule has 5 nitrogen and oxygen atoms in total. The van der Waals surface area contributed by atoms with Crippen molar-refractivity contribution in [3.05, 3.63) is 55.8 Å². The van der Waals surface area contributed by atoms with Crippen molar-refractivity contribution in [3.63, 3.8) is 0 Å². The van der Waals surface area contributed by atoms with Crippen LogP contribution in [0.4, 0.5) is 5.88 Å². The second kappa shape index (κ2) is 5.17. The van der Waals surface area contributed by atoms with Crippen molar-refractivity contribution in [3.8, 4) is 5.75 Å². The highest BCUT2D eigenvalue weighted by Gasteiger charge is 2.12. The Kier molecular flexibility index (Phi) is 3.62. The first-order valence-electron chi connectivity index (χ1n) is 4.77. The van der Waals surface area contributed by atoms with E-state index < -0.39 is 4.92 Å². The van der Waals surface area contributed by atoms with Gasteiger partial charge in [-0.15, -0.1) is 0 Å². The van der Waals surface area contributed by atoms with Gasteiger partial charge in [0, 0.05) is 0 Å². The summed E-state index contributed by atoms with van der Waals surface area (Å²) >= 11 is 2.16. The first kappa shape index (κ1) is 11.9. The maximum Gasteiger partial charge on any atom is 0.433 e. The van der Waals surface area contributed by atoms with Crippen LogP contribution in [0.15, 0.2) is 40.8 Å². The predicted octanol–water partition coefficient (Wildman–Crippen LogP) is 3.37. The molecular formula is C11H8INO4. The van der Waals surface area contributed by atoms with Crippen LogP contribution in [0.3, 0.4) is 0 Å². The van der Waals surface area contributed by atoms with Gasteiger partial charge < -0.3 is 9.15 Å². The van der Waals surface area contributed by atoms with E-state index in [1.165, 1.54) is 12.1 Å². The third kappa shape index (κ3) is 2.96. The summed E-state index contributed by atoms with van der Waals surface area (Å²) in [7, 11) is 0. The fraction of sp³-hybridized carbons (Fsp3) is 0.0909. The van der Waals surface area contributed by atoms with Crippen LogP contribution in [0, 0.1) is 13.7 Å². The van der Waals surface area contributed by atoms with E-state index in [2.05, 4.69) is 22.6 Å². The van der Waals surface area contributed by atoms with Gasteiger partial charge in [-0.2, -0.15) is 0 Å². The van der Waals surface area contributed by atoms with Gasteiger partial charge in [-0.25, -0.2) is 0 Å². The number of benzene rings is 1. The van der Waals surface area contributed by atoms with Crippen LogP contribution >= 0.6 is 22.6 Å². The molecule has 0 amide bonds. The predicted molar refractivity (Wildman–Crippen MR) is 68.9 cm³/mol. The van der Waals surface area contributed by atoms with Gasteiger partial charge in [0.15, 0.2) is 0 Å². The summed E-state index contributed by atoms with van der Waals surface area (Å²) in [5, 5.41) is 10.4. The van der Waals surface area contributed by atoms with E-state index in [1.54, 1.807) is 0 Å². The average molecular weight is 345 g/mol. The van der Waals surface area contributed by atoms with Crippen LogP contribution in [0.2, 0.25) is 0 Å². The Morgan fingerprint density at radius 1 is 1.29 bits per heavy atom. The minimum atomic E-state index is -0.574. The van der Waals surface area contributed by atoms with Gasteiger partial charge in [-0.05, 0) is 40.8 Å². The molecule has 1 heterocycles. The molecule has 2 rings (SSSR count). The van der Waals surface area contributed by atoms with Crippen molar-refractivity contribution in [1.82, 2.24) is 0 Å². The highest BCUT2D eigenvalue weighted by molar-refractivity contribution is 14.1. The summed E-state index contributed by atoms with van der Waals surface area (Å²) in [6.07, 6.45) is 0. The number of halogens is 1. The van der Waals surface area contributed by atoms with E-state index in [0.717, 1.165) is 9.32 Å². The van der Waals surface area contributed by atoms with Crippen LogP contribution in [-0.2, 0) is 6.61 Å². The summed E-state index contributed by atoms with van der Waals surface area (Å²) in [6.45, 7) is 0.174. The van der Waals surface area contributed by atoms with Gasteiger partial charge in [0.2, 0.25) is 0 Å². The van der Waals surface area contributed by atoms with E-state index in [1.807, 2.05) is 24.3 Å². The number of para-hydroxylation sites is 1. The van der Waals surface area contributed by atoms with Crippen LogP contribution in [-0.4, -0.2) is 4.92 Å². The molecular weight excluding hydrogens is 337 g/mol. The summed E-state index contributed by atoms with van der Waals surface area (Å²) in [4.78, 5) is 9.84. The molecule has 0 saturated carbocycles. The third-order valence-electron chi connectivity index (χ3n) is 2.03. The van der Waals surface area contributed by atoms with Crippen molar-refractivity contribution >= 4 is 28.5 Å². The van der Waals surface area contributed by atoms with Gasteiger partial charge in [0.25, 0.3) is 0 Å². The number of ether oxygens (including phenoxy) is 1. The Balaban J connectivity index is 2.02. The Morgan fingerprint density at radius 2 is 2.06 bits per heavy atom. The lowest BCUT2D eigenvalue weighted by Gasteiger charge is -2.05. The molecule has 2 aromatic rings. The molecule has 6 heteroatoms. The fourth-order valence-corrected chi connectivity index (χ4v) is 1.80. The second-order valence-electron chi connectivity index (χ2n) is 3.22. The summed E-state index contributed by atoms with van der Waals surface area (Å²) in [5.74, 6) is 0.884. The first-order valence-corrected chi connectivity index (χ1v) is 5.85. The number of hydrogen-bond acceptors (Lipinski definition) is 4. The molecule has 0 aliphatic heterocycles. The fourth-order valence-electron chi connectivity index (χ4n) is 1.25. The largest absolute Gasteiger partial charge is 0.485 e. The second-order valence-corrected chi connectivity index (χ2v) is 4.38. The normalized spacial score (nSPS) is 10.2. The average Bonchev–Trinajstić information content (AvgIpc) is 2.77.